The summed E-state index contributed by atoms with van der Waals surface area (Å²) in [6, 6.07) is 6.67. The van der Waals surface area contributed by atoms with Gasteiger partial charge < -0.3 is 9.15 Å². The van der Waals surface area contributed by atoms with E-state index in [9.17, 15) is 32.1 Å². The molecule has 30 heavy (non-hydrogen) atoms. The largest absolute Gasteiger partial charge is 0.496 e. The van der Waals surface area contributed by atoms with Crippen molar-refractivity contribution in [1.29, 1.82) is 0 Å². The third kappa shape index (κ3) is 3.79. The fourth-order valence-electron chi connectivity index (χ4n) is 2.43. The van der Waals surface area contributed by atoms with E-state index in [-0.39, 0.29) is 23.0 Å². The first-order valence-electron chi connectivity index (χ1n) is 7.97. The molecule has 3 rings (SSSR count). The highest BCUT2D eigenvalue weighted by molar-refractivity contribution is 5.79. The van der Waals surface area contributed by atoms with Crippen molar-refractivity contribution < 1.29 is 36.0 Å². The van der Waals surface area contributed by atoms with Crippen LogP contribution >= 0.6 is 0 Å². The summed E-state index contributed by atoms with van der Waals surface area (Å²) in [4.78, 5) is 10.2. The molecule has 1 N–H and O–H groups in total. The number of nitro groups is 1. The van der Waals surface area contributed by atoms with E-state index in [2.05, 4.69) is 5.10 Å². The van der Waals surface area contributed by atoms with Crippen LogP contribution < -0.4 is 10.2 Å². The van der Waals surface area contributed by atoms with Crippen LogP contribution in [0.1, 0.15) is 5.76 Å². The Kier molecular flexibility index (Phi) is 5.67. The summed E-state index contributed by atoms with van der Waals surface area (Å²) in [5, 5.41) is 14.3. The molecular weight excluding hydrogens is 417 g/mol. The third-order valence-corrected chi connectivity index (χ3v) is 3.87. The van der Waals surface area contributed by atoms with Gasteiger partial charge in [-0.1, -0.05) is 0 Å². The van der Waals surface area contributed by atoms with Crippen molar-refractivity contribution in [3.8, 4) is 17.1 Å². The lowest BCUT2D eigenvalue weighted by Gasteiger charge is -2.06. The van der Waals surface area contributed by atoms with Crippen LogP contribution in [0.5, 0.6) is 5.75 Å². The standard InChI is InChI=1S/C18H10F5N3O4/c1-29-12-6-8(26(27)28)2-4-10(12)11-5-3-9(30-11)7-24-25-18-16(22)14(20)13(19)15(21)17(18)23/h2-7,25H,1H3/b24-7-. The molecule has 1 aromatic heterocycles. The normalized spacial score (nSPS) is 11.1. The quantitative estimate of drug-likeness (QED) is 0.149. The fraction of sp³-hybridized carbons (Fsp3) is 0.0556. The number of hydrazone groups is 1. The molecule has 3 aromatic rings. The van der Waals surface area contributed by atoms with Gasteiger partial charge in [0.25, 0.3) is 5.69 Å². The Morgan fingerprint density at radius 3 is 2.27 bits per heavy atom. The van der Waals surface area contributed by atoms with Crippen molar-refractivity contribution >= 4 is 17.6 Å². The molecule has 7 nitrogen and oxygen atoms in total. The number of methoxy groups -OCH3 is 1. The Morgan fingerprint density at radius 1 is 1.03 bits per heavy atom. The molecule has 156 valence electrons. The van der Waals surface area contributed by atoms with Crippen LogP contribution in [0.3, 0.4) is 0 Å². The lowest BCUT2D eigenvalue weighted by Crippen LogP contribution is -2.06. The topological polar surface area (TPSA) is 89.9 Å². The average Bonchev–Trinajstić information content (AvgIpc) is 3.21. The Morgan fingerprint density at radius 2 is 1.67 bits per heavy atom. The summed E-state index contributed by atoms with van der Waals surface area (Å²) in [6.45, 7) is 0. The Bertz CT molecular complexity index is 1130. The van der Waals surface area contributed by atoms with Gasteiger partial charge >= 0.3 is 0 Å². The van der Waals surface area contributed by atoms with Gasteiger partial charge in [-0.3, -0.25) is 15.5 Å². The first-order valence-corrected chi connectivity index (χ1v) is 7.97. The van der Waals surface area contributed by atoms with E-state index in [0.29, 0.717) is 5.56 Å². The maximum absolute atomic E-state index is 13.6. The van der Waals surface area contributed by atoms with Gasteiger partial charge in [0.05, 0.1) is 29.9 Å². The number of furan rings is 1. The first kappa shape index (κ1) is 20.8. The van der Waals surface area contributed by atoms with Crippen molar-refractivity contribution in [2.45, 2.75) is 0 Å². The molecule has 0 aliphatic rings. The minimum atomic E-state index is -2.28. The molecule has 0 unspecified atom stereocenters. The predicted molar refractivity (Wildman–Crippen MR) is 94.8 cm³/mol. The summed E-state index contributed by atoms with van der Waals surface area (Å²) in [5.41, 5.74) is 0.589. The van der Waals surface area contributed by atoms with Crippen LogP contribution in [0.4, 0.5) is 33.3 Å². The number of rotatable bonds is 6. The van der Waals surface area contributed by atoms with Crippen molar-refractivity contribution in [2.24, 2.45) is 5.10 Å². The highest BCUT2D eigenvalue weighted by Gasteiger charge is 2.25. The number of nitrogens with zero attached hydrogens (tertiary/aromatic N) is 2. The zero-order valence-electron chi connectivity index (χ0n) is 14.9. The van der Waals surface area contributed by atoms with E-state index in [4.69, 9.17) is 9.15 Å². The number of nitro benzene ring substituents is 1. The van der Waals surface area contributed by atoms with Gasteiger partial charge in [0, 0.05) is 6.07 Å². The van der Waals surface area contributed by atoms with Crippen molar-refractivity contribution in [3.63, 3.8) is 0 Å². The van der Waals surface area contributed by atoms with Crippen LogP contribution in [0.15, 0.2) is 39.9 Å². The van der Waals surface area contributed by atoms with Gasteiger partial charge in [-0.05, 0) is 18.2 Å². The summed E-state index contributed by atoms with van der Waals surface area (Å²) in [5.74, 6) is -10.2. The molecule has 0 spiro atoms. The SMILES string of the molecule is COc1cc([N+](=O)[O-])ccc1-c1ccc(/C=N\Nc2c(F)c(F)c(F)c(F)c2F)o1. The minimum absolute atomic E-state index is 0.0433. The molecule has 0 saturated carbocycles. The van der Waals surface area contributed by atoms with E-state index in [0.717, 1.165) is 6.21 Å². The monoisotopic (exact) mass is 427 g/mol. The second-order valence-electron chi connectivity index (χ2n) is 5.66. The van der Waals surface area contributed by atoms with Crippen molar-refractivity contribution in [2.75, 3.05) is 12.5 Å². The fourth-order valence-corrected chi connectivity index (χ4v) is 2.43. The van der Waals surface area contributed by atoms with Crippen LogP contribution in [0.2, 0.25) is 0 Å². The van der Waals surface area contributed by atoms with E-state index >= 15 is 0 Å². The molecule has 0 amide bonds. The molecule has 0 aliphatic heterocycles. The molecule has 1 heterocycles. The van der Waals surface area contributed by atoms with Crippen molar-refractivity contribution in [1.82, 2.24) is 0 Å². The second kappa shape index (κ2) is 8.19. The molecule has 0 radical (unpaired) electrons. The van der Waals surface area contributed by atoms with Gasteiger partial charge in [0.15, 0.2) is 23.3 Å². The predicted octanol–water partition coefficient (Wildman–Crippen LogP) is 5.00. The third-order valence-electron chi connectivity index (χ3n) is 3.87. The molecule has 0 aliphatic carbocycles. The number of halogens is 5. The number of hydrogen-bond donors (Lipinski definition) is 1. The van der Waals surface area contributed by atoms with Crippen molar-refractivity contribution in [3.05, 3.63) is 75.3 Å². The molecule has 2 aromatic carbocycles. The number of anilines is 1. The summed E-state index contributed by atoms with van der Waals surface area (Å²) >= 11 is 0. The van der Waals surface area contributed by atoms with Crippen LogP contribution in [-0.4, -0.2) is 18.2 Å². The summed E-state index contributed by atoms with van der Waals surface area (Å²) in [7, 11) is 1.31. The maximum atomic E-state index is 13.6. The average molecular weight is 427 g/mol. The van der Waals surface area contributed by atoms with Crippen LogP contribution in [0, 0.1) is 39.2 Å². The molecule has 0 bridgehead atoms. The number of benzene rings is 2. The zero-order chi connectivity index (χ0) is 22.0. The number of non-ortho nitro benzene ring substituents is 1. The van der Waals surface area contributed by atoms with Gasteiger partial charge in [0.2, 0.25) is 5.82 Å². The molecule has 0 atom stereocenters. The van der Waals surface area contributed by atoms with E-state index in [1.807, 2.05) is 0 Å². The summed E-state index contributed by atoms with van der Waals surface area (Å²) < 4.78 is 77.1. The number of hydrogen-bond acceptors (Lipinski definition) is 6. The smallest absolute Gasteiger partial charge is 0.273 e. The first-order chi connectivity index (χ1) is 14.2. The summed E-state index contributed by atoms with van der Waals surface area (Å²) in [6.07, 6.45) is 0.930. The molecule has 0 fully saturated rings. The Labute approximate surface area is 164 Å². The van der Waals surface area contributed by atoms with Gasteiger partial charge in [-0.25, -0.2) is 22.0 Å². The van der Waals surface area contributed by atoms with E-state index in [1.165, 1.54) is 37.4 Å². The zero-order valence-corrected chi connectivity index (χ0v) is 14.9. The second-order valence-corrected chi connectivity index (χ2v) is 5.66. The molecule has 12 heteroatoms. The number of ether oxygens (including phenoxy) is 1. The van der Waals surface area contributed by atoms with E-state index < -0.39 is 39.7 Å². The minimum Gasteiger partial charge on any atom is -0.496 e. The lowest BCUT2D eigenvalue weighted by atomic mass is 10.1. The van der Waals surface area contributed by atoms with Gasteiger partial charge in [-0.15, -0.1) is 0 Å². The van der Waals surface area contributed by atoms with Crippen LogP contribution in [0.25, 0.3) is 11.3 Å². The van der Waals surface area contributed by atoms with Gasteiger partial charge in [0.1, 0.15) is 23.0 Å². The highest BCUT2D eigenvalue weighted by Crippen LogP contribution is 2.34. The highest BCUT2D eigenvalue weighted by atomic mass is 19.2. The maximum Gasteiger partial charge on any atom is 0.273 e. The molecular formula is C18H10F5N3O4. The van der Waals surface area contributed by atoms with Gasteiger partial charge in [-0.2, -0.15) is 5.10 Å². The molecule has 0 saturated heterocycles. The van der Waals surface area contributed by atoms with E-state index in [1.54, 1.807) is 5.43 Å². The lowest BCUT2D eigenvalue weighted by molar-refractivity contribution is -0.384. The Hall–Kier alpha value is -3.96. The Balaban J connectivity index is 1.84. The number of nitrogens with one attached hydrogen (secondary N) is 1. The van der Waals surface area contributed by atoms with Crippen LogP contribution in [-0.2, 0) is 0 Å².